The number of carbonyl (C=O) groups is 2. The molecule has 8 heterocycles. The van der Waals surface area contributed by atoms with Crippen molar-refractivity contribution >= 4 is 142 Å². The zero-order chi connectivity index (χ0) is 93.6. The molecule has 4 saturated heterocycles. The number of rotatable bonds is 30. The molecule has 4 aromatic heterocycles. The number of anilines is 2. The highest BCUT2D eigenvalue weighted by atomic mass is 35.5. The van der Waals surface area contributed by atoms with E-state index in [0.717, 1.165) is 217 Å². The highest BCUT2D eigenvalue weighted by Gasteiger charge is 2.36. The van der Waals surface area contributed by atoms with E-state index in [0.29, 0.717) is 65.6 Å². The summed E-state index contributed by atoms with van der Waals surface area (Å²) in [7, 11) is -11.4. The number of ether oxygens (including phenoxy) is 2. The Morgan fingerprint density at radius 1 is 0.534 bits per heavy atom. The number of nitrogens with one attached hydrogen (secondary N) is 4. The van der Waals surface area contributed by atoms with E-state index in [9.17, 15) is 46.7 Å². The number of H-pyrrole nitrogens is 2. The van der Waals surface area contributed by atoms with Crippen LogP contribution in [-0.2, 0) is 51.7 Å². The fraction of sp³-hybridized carbons (Fsp3) is 0.414. The maximum Gasteiger partial charge on any atom is 0.273 e. The fourth-order valence-electron chi connectivity index (χ4n) is 18.7. The van der Waals surface area contributed by atoms with Crippen LogP contribution in [0.2, 0.25) is 10.0 Å². The monoisotopic (exact) mass is 1920 g/mol. The van der Waals surface area contributed by atoms with Gasteiger partial charge in [0.25, 0.3) is 43.2 Å². The molecular weight excluding hydrogens is 1800 g/mol. The van der Waals surface area contributed by atoms with Crippen LogP contribution < -0.4 is 28.7 Å². The number of sulfonamides is 2. The Bertz CT molecular complexity index is 6590. The van der Waals surface area contributed by atoms with Gasteiger partial charge < -0.3 is 39.0 Å². The maximum absolute atomic E-state index is 14.0. The molecule has 133 heavy (non-hydrogen) atoms. The summed E-state index contributed by atoms with van der Waals surface area (Å²) in [6.45, 7) is 25.3. The van der Waals surface area contributed by atoms with Crippen molar-refractivity contribution in [3.63, 3.8) is 0 Å². The van der Waals surface area contributed by atoms with E-state index in [2.05, 4.69) is 122 Å². The van der Waals surface area contributed by atoms with Crippen molar-refractivity contribution < 1.29 is 45.7 Å². The average Bonchev–Trinajstić information content (AvgIpc) is 1.74. The third-order valence-electron chi connectivity index (χ3n) is 26.6. The number of allylic oxidation sites excluding steroid dienone is 2. The maximum atomic E-state index is 14.0. The number of benzene rings is 6. The summed E-state index contributed by atoms with van der Waals surface area (Å²) in [5.41, 5.74) is 11.8. The number of fused-ring (bicyclic) bond motifs is 2. The second-order valence-electron chi connectivity index (χ2n) is 37.6. The minimum atomic E-state index is -4.55. The topological polar surface area (TPSA) is 333 Å². The van der Waals surface area contributed by atoms with E-state index in [1.165, 1.54) is 82.9 Å². The first kappa shape index (κ1) is 95.6. The lowest BCUT2D eigenvalue weighted by Gasteiger charge is -2.39. The molecule has 0 spiro atoms. The standard InChI is InChI=1S/C50H59ClN8O6S2.C49H59ClN8O6S2/c1-50(2)18-16-38(45(32-50)35-6-9-39(51)10-7-35)34-57-21-23-58(24-22-57)41-13-15-44(47(30-41)65-42-29-37-17-19-52-48(37)53-33-42)49(60)55-67(63,64)43-14-8-36(46(31-43)59(61)62)5-4-20-56-25-27-66(3,28-26-56)54-40-11-12-40;1-5-53-65(4)27-25-55(26-28-65)20-6-7-36-10-14-42(31-45(36)58(60)61)66(62,63)54-48(59)43-15-13-40(30-46(43)64-41-29-37-17-19-51-47(37)52-33-41)57-23-21-56(22-24-57)34-38-16-18-49(2,3)32-44(38)35-8-11-39(50)12-9-35/h6-10,13-15,17,19,29-31,33,40H,3-5,11-12,16,18,20-28,32,34H2,1-2H3,(H,52,53)(H,55,60);8-15,17,19,29-31,33H,4-7,16,18,20-28,32,34H2,1-3H3,(H,51,52)(H,54,59). The van der Waals surface area contributed by atoms with Gasteiger partial charge >= 0.3 is 0 Å². The van der Waals surface area contributed by atoms with Crippen molar-refractivity contribution in [1.82, 2.24) is 49.0 Å². The van der Waals surface area contributed by atoms with Gasteiger partial charge in [0.2, 0.25) is 0 Å². The minimum Gasteiger partial charge on any atom is -0.455 e. The number of nitrogens with zero attached hydrogens (tertiary/aromatic N) is 12. The molecule has 34 heteroatoms. The summed E-state index contributed by atoms with van der Waals surface area (Å²) in [5.74, 6) is 11.8. The van der Waals surface area contributed by atoms with Gasteiger partial charge in [-0.15, -0.1) is 18.8 Å². The van der Waals surface area contributed by atoms with Gasteiger partial charge in [0.15, 0.2) is 0 Å². The number of amides is 2. The van der Waals surface area contributed by atoms with E-state index in [4.69, 9.17) is 41.4 Å². The highest BCUT2D eigenvalue weighted by molar-refractivity contribution is 8.02. The Morgan fingerprint density at radius 3 is 1.33 bits per heavy atom. The molecule has 4 aliphatic heterocycles. The molecule has 0 atom stereocenters. The SMILES string of the molecule is C=S1(=NC2CC2)CCN(CCCc2ccc(S(=O)(=O)NC(=O)c3ccc(N4CCN(CC5=C(c6ccc(Cl)cc6)CC(C)(C)CC5)CC4)cc3Oc3cnc4[nH]ccc4c3)cc2[N+](=O)[O-])CC1.C=S1(=NCC)CCN(CCCc2ccc(S(=O)(=O)NC(=O)c3ccc(N4CCN(CC5=C(c6ccc(Cl)cc6)CC(C)(C)CC5)CC4)cc3Oc3cnc4[nH]ccc4c3)cc2[N+](=O)[O-])CC1. The Labute approximate surface area is 790 Å². The molecule has 1 saturated carbocycles. The number of aromatic nitrogens is 4. The molecule has 28 nitrogen and oxygen atoms in total. The number of pyridine rings is 2. The van der Waals surface area contributed by atoms with Crippen LogP contribution in [0.5, 0.6) is 23.0 Å². The highest BCUT2D eigenvalue weighted by Crippen LogP contribution is 2.46. The van der Waals surface area contributed by atoms with Crippen LogP contribution in [0.15, 0.2) is 200 Å². The minimum absolute atomic E-state index is 0.0234. The molecule has 7 aliphatic rings. The molecule has 0 bridgehead atoms. The molecule has 2 amide bonds. The third-order valence-corrected chi connectivity index (χ3v) is 35.1. The van der Waals surface area contributed by atoms with Crippen LogP contribution >= 0.6 is 23.2 Å². The molecular formula is C99H118Cl2N16O12S4. The molecule has 3 aliphatic carbocycles. The summed E-state index contributed by atoms with van der Waals surface area (Å²) in [6.07, 6.45) is 17.5. The zero-order valence-corrected chi connectivity index (χ0v) is 80.9. The van der Waals surface area contributed by atoms with Gasteiger partial charge in [-0.25, -0.2) is 36.2 Å². The zero-order valence-electron chi connectivity index (χ0n) is 76.1. The van der Waals surface area contributed by atoms with Crippen LogP contribution in [0.1, 0.15) is 142 Å². The van der Waals surface area contributed by atoms with Crippen LogP contribution in [-0.4, -0.2) is 230 Å². The number of piperazine rings is 2. The second kappa shape index (κ2) is 41.0. The molecule has 4 N–H and O–H groups in total. The summed E-state index contributed by atoms with van der Waals surface area (Å²) < 4.78 is 82.0. The van der Waals surface area contributed by atoms with Crippen LogP contribution in [0.3, 0.4) is 0 Å². The number of hydrogen-bond donors (Lipinski definition) is 4. The Hall–Kier alpha value is -10.5. The Balaban J connectivity index is 0.000000194. The Morgan fingerprint density at radius 2 is 0.940 bits per heavy atom. The molecule has 0 unspecified atom stereocenters. The second-order valence-corrected chi connectivity index (χ2v) is 47.9. The smallest absolute Gasteiger partial charge is 0.273 e. The van der Waals surface area contributed by atoms with Gasteiger partial charge in [0.1, 0.15) is 34.3 Å². The number of aryl methyl sites for hydroxylation is 2. The van der Waals surface area contributed by atoms with Gasteiger partial charge in [-0.2, -0.15) is 0 Å². The summed E-state index contributed by atoms with van der Waals surface area (Å²) in [5, 5.41) is 27.6. The normalized spacial score (nSPS) is 18.5. The number of nitro benzene ring substituents is 2. The van der Waals surface area contributed by atoms with E-state index >= 15 is 0 Å². The lowest BCUT2D eigenvalue weighted by molar-refractivity contribution is -0.385. The first-order valence-electron chi connectivity index (χ1n) is 45.8. The summed E-state index contributed by atoms with van der Waals surface area (Å²) >= 11 is 12.5. The number of aromatic amines is 2. The Kier molecular flexibility index (Phi) is 29.5. The van der Waals surface area contributed by atoms with Crippen molar-refractivity contribution in [3.05, 3.63) is 245 Å². The van der Waals surface area contributed by atoms with E-state index in [1.807, 2.05) is 43.3 Å². The van der Waals surface area contributed by atoms with Crippen molar-refractivity contribution in [3.8, 4) is 23.0 Å². The van der Waals surface area contributed by atoms with Gasteiger partial charge in [0.05, 0.1) is 49.2 Å². The van der Waals surface area contributed by atoms with Crippen LogP contribution in [0.25, 0.3) is 33.2 Å². The lowest BCUT2D eigenvalue weighted by atomic mass is 9.72. The first-order chi connectivity index (χ1) is 63.6. The van der Waals surface area contributed by atoms with Crippen molar-refractivity contribution in [2.24, 2.45) is 19.6 Å². The van der Waals surface area contributed by atoms with E-state index < -0.39 is 60.5 Å². The predicted molar refractivity (Wildman–Crippen MR) is 536 cm³/mol. The van der Waals surface area contributed by atoms with Gasteiger partial charge in [0, 0.05) is 201 Å². The summed E-state index contributed by atoms with van der Waals surface area (Å²) in [6, 6.07) is 42.0. The third kappa shape index (κ3) is 24.2. The van der Waals surface area contributed by atoms with Gasteiger partial charge in [-0.05, 0) is 215 Å². The number of carbonyl (C=O) groups excluding carboxylic acids is 2. The molecule has 0 radical (unpaired) electrons. The first-order valence-corrected chi connectivity index (χ1v) is 53.7. The van der Waals surface area contributed by atoms with Crippen LogP contribution in [0.4, 0.5) is 22.7 Å². The average molecular weight is 1920 g/mol. The van der Waals surface area contributed by atoms with Crippen LogP contribution in [0, 0.1) is 31.1 Å². The predicted octanol–water partition coefficient (Wildman–Crippen LogP) is 17.9. The lowest BCUT2D eigenvalue weighted by Crippen LogP contribution is -2.47. The van der Waals surface area contributed by atoms with E-state index in [-0.39, 0.29) is 54.6 Å². The number of nitro groups is 2. The number of halogens is 2. The van der Waals surface area contributed by atoms with Crippen molar-refractivity contribution in [2.45, 2.75) is 128 Å². The fourth-order valence-corrected chi connectivity index (χ4v) is 25.6. The molecule has 704 valence electrons. The molecule has 17 rings (SSSR count). The quantitative estimate of drug-likeness (QED) is 0.0185. The largest absolute Gasteiger partial charge is 0.455 e. The summed E-state index contributed by atoms with van der Waals surface area (Å²) in [4.78, 5) is 79.8. The van der Waals surface area contributed by atoms with Gasteiger partial charge in [-0.1, -0.05) is 110 Å². The van der Waals surface area contributed by atoms with Crippen molar-refractivity contribution in [1.29, 1.82) is 0 Å². The molecule has 5 fully saturated rings. The molecule has 6 aromatic carbocycles. The van der Waals surface area contributed by atoms with E-state index in [1.54, 1.807) is 60.9 Å². The van der Waals surface area contributed by atoms with Gasteiger partial charge in [-0.3, -0.25) is 48.3 Å². The number of hydrogen-bond acceptors (Lipinski definition) is 22. The molecule has 10 aromatic rings. The van der Waals surface area contributed by atoms with Crippen molar-refractivity contribution in [2.75, 3.05) is 144 Å².